The van der Waals surface area contributed by atoms with E-state index in [4.69, 9.17) is 4.74 Å². The third-order valence-corrected chi connectivity index (χ3v) is 3.54. The van der Waals surface area contributed by atoms with Crippen LogP contribution in [0.25, 0.3) is 0 Å². The van der Waals surface area contributed by atoms with Crippen LogP contribution in [0.15, 0.2) is 24.3 Å². The molecule has 0 aromatic heterocycles. The van der Waals surface area contributed by atoms with Gasteiger partial charge in [0.1, 0.15) is 0 Å². The van der Waals surface area contributed by atoms with Crippen molar-refractivity contribution in [3.05, 3.63) is 35.4 Å². The molecule has 0 amide bonds. The highest BCUT2D eigenvalue weighted by molar-refractivity contribution is 7.98. The maximum absolute atomic E-state index is 5.07. The monoisotopic (exact) mass is 253 g/mol. The van der Waals surface area contributed by atoms with Crippen LogP contribution in [-0.2, 0) is 10.5 Å². The van der Waals surface area contributed by atoms with Gasteiger partial charge in [0.2, 0.25) is 0 Å². The molecule has 0 heterocycles. The second-order valence-electron chi connectivity index (χ2n) is 4.35. The van der Waals surface area contributed by atoms with Crippen molar-refractivity contribution < 1.29 is 4.74 Å². The molecule has 96 valence electrons. The zero-order valence-electron chi connectivity index (χ0n) is 11.0. The summed E-state index contributed by atoms with van der Waals surface area (Å²) >= 11 is 1.97. The van der Waals surface area contributed by atoms with E-state index in [0.29, 0.717) is 6.04 Å². The summed E-state index contributed by atoms with van der Waals surface area (Å²) in [6, 6.07) is 9.17. The molecule has 0 aliphatic heterocycles. The lowest BCUT2D eigenvalue weighted by Crippen LogP contribution is -2.31. The maximum Gasteiger partial charge on any atom is 0.0613 e. The molecular formula is C14H23NOS. The standard InChI is InChI=1S/C14H23NOS/c1-12-5-4-6-14(9-12)11-17-8-7-15-13(2)10-16-3/h4-6,9,13,15H,7-8,10-11H2,1-3H3. The van der Waals surface area contributed by atoms with Crippen molar-refractivity contribution in [3.63, 3.8) is 0 Å². The number of aryl methyl sites for hydroxylation is 1. The lowest BCUT2D eigenvalue weighted by Gasteiger charge is -2.12. The first-order valence-electron chi connectivity index (χ1n) is 6.08. The van der Waals surface area contributed by atoms with Crippen LogP contribution in [0.4, 0.5) is 0 Å². The average molecular weight is 253 g/mol. The van der Waals surface area contributed by atoms with Crippen molar-refractivity contribution in [2.75, 3.05) is 26.0 Å². The summed E-state index contributed by atoms with van der Waals surface area (Å²) in [4.78, 5) is 0. The van der Waals surface area contributed by atoms with Gasteiger partial charge in [0, 0.05) is 31.2 Å². The maximum atomic E-state index is 5.07. The number of nitrogens with one attached hydrogen (secondary N) is 1. The molecule has 1 aromatic rings. The molecule has 0 aliphatic rings. The molecule has 1 N–H and O–H groups in total. The second-order valence-corrected chi connectivity index (χ2v) is 5.46. The first kappa shape index (κ1) is 14.6. The Labute approximate surface area is 109 Å². The predicted octanol–water partition coefficient (Wildman–Crippen LogP) is 2.85. The van der Waals surface area contributed by atoms with Gasteiger partial charge in [-0.15, -0.1) is 0 Å². The van der Waals surface area contributed by atoms with E-state index in [1.165, 1.54) is 11.1 Å². The average Bonchev–Trinajstić information content (AvgIpc) is 2.29. The van der Waals surface area contributed by atoms with E-state index in [9.17, 15) is 0 Å². The molecule has 1 atom stereocenters. The molecule has 0 saturated carbocycles. The van der Waals surface area contributed by atoms with Crippen molar-refractivity contribution >= 4 is 11.8 Å². The minimum atomic E-state index is 0.444. The molecule has 0 fully saturated rings. The van der Waals surface area contributed by atoms with Crippen LogP contribution >= 0.6 is 11.8 Å². The molecule has 0 spiro atoms. The van der Waals surface area contributed by atoms with Crippen LogP contribution in [0.3, 0.4) is 0 Å². The Bertz CT molecular complexity index is 317. The third-order valence-electron chi connectivity index (χ3n) is 2.51. The minimum absolute atomic E-state index is 0.444. The van der Waals surface area contributed by atoms with Gasteiger partial charge in [-0.3, -0.25) is 0 Å². The summed E-state index contributed by atoms with van der Waals surface area (Å²) < 4.78 is 5.07. The number of methoxy groups -OCH3 is 1. The third kappa shape index (κ3) is 6.71. The van der Waals surface area contributed by atoms with Gasteiger partial charge in [0.25, 0.3) is 0 Å². The van der Waals surface area contributed by atoms with Crippen molar-refractivity contribution in [1.29, 1.82) is 0 Å². The summed E-state index contributed by atoms with van der Waals surface area (Å²) in [5.74, 6) is 2.24. The van der Waals surface area contributed by atoms with Gasteiger partial charge in [0.05, 0.1) is 6.61 Å². The number of hydrogen-bond donors (Lipinski definition) is 1. The van der Waals surface area contributed by atoms with E-state index < -0.39 is 0 Å². The van der Waals surface area contributed by atoms with E-state index in [1.807, 2.05) is 11.8 Å². The quantitative estimate of drug-likeness (QED) is 0.720. The van der Waals surface area contributed by atoms with E-state index in [1.54, 1.807) is 7.11 Å². The number of thioether (sulfide) groups is 1. The van der Waals surface area contributed by atoms with Crippen molar-refractivity contribution in [2.45, 2.75) is 25.6 Å². The Morgan fingerprint density at radius 1 is 1.41 bits per heavy atom. The number of hydrogen-bond acceptors (Lipinski definition) is 3. The van der Waals surface area contributed by atoms with Crippen molar-refractivity contribution in [3.8, 4) is 0 Å². The largest absolute Gasteiger partial charge is 0.383 e. The number of benzene rings is 1. The van der Waals surface area contributed by atoms with Crippen LogP contribution in [0.2, 0.25) is 0 Å². The van der Waals surface area contributed by atoms with Crippen LogP contribution < -0.4 is 5.32 Å². The van der Waals surface area contributed by atoms with E-state index in [-0.39, 0.29) is 0 Å². The lowest BCUT2D eigenvalue weighted by atomic mass is 10.2. The van der Waals surface area contributed by atoms with Crippen LogP contribution in [0.1, 0.15) is 18.1 Å². The zero-order valence-corrected chi connectivity index (χ0v) is 11.8. The lowest BCUT2D eigenvalue weighted by molar-refractivity contribution is 0.173. The van der Waals surface area contributed by atoms with Gasteiger partial charge < -0.3 is 10.1 Å². The van der Waals surface area contributed by atoms with Gasteiger partial charge >= 0.3 is 0 Å². The van der Waals surface area contributed by atoms with Crippen molar-refractivity contribution in [1.82, 2.24) is 5.32 Å². The summed E-state index contributed by atoms with van der Waals surface area (Å²) in [6.07, 6.45) is 0. The van der Waals surface area contributed by atoms with Crippen LogP contribution in [0.5, 0.6) is 0 Å². The first-order chi connectivity index (χ1) is 8.22. The smallest absolute Gasteiger partial charge is 0.0613 e. The predicted molar refractivity (Wildman–Crippen MR) is 76.7 cm³/mol. The summed E-state index contributed by atoms with van der Waals surface area (Å²) in [6.45, 7) is 6.11. The van der Waals surface area contributed by atoms with Gasteiger partial charge in [-0.1, -0.05) is 29.8 Å². The normalized spacial score (nSPS) is 12.6. The molecule has 2 nitrogen and oxygen atoms in total. The van der Waals surface area contributed by atoms with Gasteiger partial charge in [-0.05, 0) is 19.4 Å². The molecule has 0 saturated heterocycles. The summed E-state index contributed by atoms with van der Waals surface area (Å²) in [7, 11) is 1.74. The molecular weight excluding hydrogens is 230 g/mol. The number of ether oxygens (including phenoxy) is 1. The molecule has 17 heavy (non-hydrogen) atoms. The fourth-order valence-corrected chi connectivity index (χ4v) is 2.50. The van der Waals surface area contributed by atoms with Crippen LogP contribution in [-0.4, -0.2) is 32.1 Å². The highest BCUT2D eigenvalue weighted by Crippen LogP contribution is 2.12. The molecule has 0 radical (unpaired) electrons. The van der Waals surface area contributed by atoms with Crippen LogP contribution in [0, 0.1) is 6.92 Å². The highest BCUT2D eigenvalue weighted by atomic mass is 32.2. The van der Waals surface area contributed by atoms with E-state index in [2.05, 4.69) is 43.4 Å². The Hall–Kier alpha value is -0.510. The number of rotatable bonds is 8. The van der Waals surface area contributed by atoms with E-state index in [0.717, 1.165) is 24.7 Å². The second kappa shape index (κ2) is 8.56. The van der Waals surface area contributed by atoms with Gasteiger partial charge in [0.15, 0.2) is 0 Å². The molecule has 0 aliphatic carbocycles. The Kier molecular flexibility index (Phi) is 7.33. The molecule has 0 bridgehead atoms. The summed E-state index contributed by atoms with van der Waals surface area (Å²) in [5.41, 5.74) is 2.76. The zero-order chi connectivity index (χ0) is 12.5. The van der Waals surface area contributed by atoms with E-state index >= 15 is 0 Å². The Balaban J connectivity index is 2.08. The topological polar surface area (TPSA) is 21.3 Å². The Morgan fingerprint density at radius 3 is 2.94 bits per heavy atom. The molecule has 1 rings (SSSR count). The van der Waals surface area contributed by atoms with Gasteiger partial charge in [-0.2, -0.15) is 11.8 Å². The highest BCUT2D eigenvalue weighted by Gasteiger charge is 1.99. The van der Waals surface area contributed by atoms with Gasteiger partial charge in [-0.25, -0.2) is 0 Å². The fraction of sp³-hybridized carbons (Fsp3) is 0.571. The Morgan fingerprint density at radius 2 is 2.24 bits per heavy atom. The molecule has 1 aromatic carbocycles. The molecule has 1 unspecified atom stereocenters. The molecule has 3 heteroatoms. The van der Waals surface area contributed by atoms with Crippen molar-refractivity contribution in [2.24, 2.45) is 0 Å². The SMILES string of the molecule is COCC(C)NCCSCc1cccc(C)c1. The minimum Gasteiger partial charge on any atom is -0.383 e. The first-order valence-corrected chi connectivity index (χ1v) is 7.23. The summed E-state index contributed by atoms with van der Waals surface area (Å²) in [5, 5.41) is 3.44. The fourth-order valence-electron chi connectivity index (χ4n) is 1.68.